The summed E-state index contributed by atoms with van der Waals surface area (Å²) in [5.41, 5.74) is 0. The van der Waals surface area contributed by atoms with Gasteiger partial charge >= 0.3 is 0 Å². The van der Waals surface area contributed by atoms with Crippen LogP contribution in [0.2, 0.25) is 0 Å². The van der Waals surface area contributed by atoms with Crippen LogP contribution in [0.5, 0.6) is 5.06 Å². The molecule has 0 N–H and O–H groups in total. The molecule has 0 spiro atoms. The number of ether oxygens (including phenoxy) is 1. The summed E-state index contributed by atoms with van der Waals surface area (Å²) in [5.74, 6) is 0.942. The van der Waals surface area contributed by atoms with Gasteiger partial charge in [0.1, 0.15) is 0 Å². The Morgan fingerprint density at radius 1 is 1.67 bits per heavy atom. The van der Waals surface area contributed by atoms with Gasteiger partial charge in [0.05, 0.1) is 11.6 Å². The monoisotopic (exact) mass is 266 g/mol. The second-order valence-corrected chi connectivity index (χ2v) is 4.78. The van der Waals surface area contributed by atoms with Gasteiger partial charge < -0.3 is 4.74 Å². The van der Waals surface area contributed by atoms with Gasteiger partial charge in [-0.2, -0.15) is 12.6 Å². The summed E-state index contributed by atoms with van der Waals surface area (Å²) in [5, 5.41) is 0.962. The van der Waals surface area contributed by atoms with Crippen molar-refractivity contribution in [2.24, 2.45) is 0 Å². The fourth-order valence-corrected chi connectivity index (χ4v) is 2.80. The predicted molar refractivity (Wildman–Crippen MR) is 60.7 cm³/mol. The summed E-state index contributed by atoms with van der Waals surface area (Å²) >= 11 is 9.30. The van der Waals surface area contributed by atoms with E-state index in [4.69, 9.17) is 4.74 Å². The van der Waals surface area contributed by atoms with Gasteiger partial charge in [-0.3, -0.25) is 0 Å². The van der Waals surface area contributed by atoms with Crippen LogP contribution < -0.4 is 4.74 Å². The number of aryl methyl sites for hydroxylation is 1. The maximum absolute atomic E-state index is 5.16. The molecule has 4 heteroatoms. The molecule has 0 aromatic carbocycles. The number of hydrogen-bond acceptors (Lipinski definition) is 3. The summed E-state index contributed by atoms with van der Waals surface area (Å²) in [6, 6.07) is 2.12. The first kappa shape index (κ1) is 10.4. The molecule has 1 nitrogen and oxygen atoms in total. The smallest absolute Gasteiger partial charge is 0.188 e. The van der Waals surface area contributed by atoms with Gasteiger partial charge in [0.25, 0.3) is 0 Å². The number of thiol groups is 1. The highest BCUT2D eigenvalue weighted by molar-refractivity contribution is 9.10. The molecule has 1 aromatic rings. The average molecular weight is 267 g/mol. The van der Waals surface area contributed by atoms with Gasteiger partial charge in [-0.15, -0.1) is 11.3 Å². The highest BCUT2D eigenvalue weighted by Gasteiger charge is 2.05. The Balaban J connectivity index is 2.62. The molecule has 0 amide bonds. The van der Waals surface area contributed by atoms with Crippen molar-refractivity contribution in [2.45, 2.75) is 12.8 Å². The Bertz CT molecular complexity index is 247. The Morgan fingerprint density at radius 2 is 2.42 bits per heavy atom. The van der Waals surface area contributed by atoms with Gasteiger partial charge in [-0.05, 0) is 40.6 Å². The van der Waals surface area contributed by atoms with Crippen molar-refractivity contribution < 1.29 is 4.74 Å². The minimum absolute atomic E-state index is 0.942. The third-order valence-corrected chi connectivity index (χ3v) is 3.80. The van der Waals surface area contributed by atoms with E-state index in [-0.39, 0.29) is 0 Å². The van der Waals surface area contributed by atoms with Crippen LogP contribution in [0.15, 0.2) is 10.5 Å². The summed E-state index contributed by atoms with van der Waals surface area (Å²) in [6.07, 6.45) is 2.22. The first-order valence-corrected chi connectivity index (χ1v) is 5.95. The summed E-state index contributed by atoms with van der Waals surface area (Å²) < 4.78 is 6.22. The van der Waals surface area contributed by atoms with Crippen molar-refractivity contribution in [3.63, 3.8) is 0 Å². The Kier molecular flexibility index (Phi) is 4.46. The van der Waals surface area contributed by atoms with E-state index in [0.717, 1.165) is 28.1 Å². The number of methoxy groups -OCH3 is 1. The summed E-state index contributed by atoms with van der Waals surface area (Å²) in [4.78, 5) is 1.35. The van der Waals surface area contributed by atoms with Crippen LogP contribution in [0.25, 0.3) is 0 Å². The molecule has 0 saturated heterocycles. The van der Waals surface area contributed by atoms with E-state index in [1.807, 2.05) is 0 Å². The molecule has 0 radical (unpaired) electrons. The van der Waals surface area contributed by atoms with Crippen LogP contribution in [0, 0.1) is 0 Å². The van der Waals surface area contributed by atoms with Crippen LogP contribution in [-0.2, 0) is 6.42 Å². The zero-order valence-corrected chi connectivity index (χ0v) is 10.1. The highest BCUT2D eigenvalue weighted by Crippen LogP contribution is 2.35. The minimum Gasteiger partial charge on any atom is -0.486 e. The van der Waals surface area contributed by atoms with Gasteiger partial charge in [0.15, 0.2) is 5.06 Å². The molecular weight excluding hydrogens is 256 g/mol. The molecule has 68 valence electrons. The van der Waals surface area contributed by atoms with E-state index in [9.17, 15) is 0 Å². The highest BCUT2D eigenvalue weighted by atomic mass is 79.9. The van der Waals surface area contributed by atoms with Crippen LogP contribution in [0.4, 0.5) is 0 Å². The van der Waals surface area contributed by atoms with Crippen molar-refractivity contribution in [3.05, 3.63) is 15.4 Å². The topological polar surface area (TPSA) is 9.23 Å². The van der Waals surface area contributed by atoms with E-state index in [2.05, 4.69) is 34.6 Å². The Hall–Kier alpha value is 0.330. The van der Waals surface area contributed by atoms with E-state index >= 15 is 0 Å². The van der Waals surface area contributed by atoms with Crippen LogP contribution in [-0.4, -0.2) is 12.9 Å². The average Bonchev–Trinajstić information content (AvgIpc) is 2.43. The Morgan fingerprint density at radius 3 is 2.92 bits per heavy atom. The van der Waals surface area contributed by atoms with Crippen LogP contribution in [0.1, 0.15) is 11.3 Å². The first-order chi connectivity index (χ1) is 5.77. The molecular formula is C8H11BrOS2. The van der Waals surface area contributed by atoms with Gasteiger partial charge in [-0.25, -0.2) is 0 Å². The van der Waals surface area contributed by atoms with Gasteiger partial charge in [0.2, 0.25) is 0 Å². The van der Waals surface area contributed by atoms with Gasteiger partial charge in [-0.1, -0.05) is 0 Å². The third kappa shape index (κ3) is 2.68. The lowest BCUT2D eigenvalue weighted by Gasteiger charge is -1.92. The molecule has 12 heavy (non-hydrogen) atoms. The zero-order chi connectivity index (χ0) is 8.97. The molecule has 0 aliphatic heterocycles. The molecule has 0 bridgehead atoms. The zero-order valence-electron chi connectivity index (χ0n) is 6.84. The van der Waals surface area contributed by atoms with Crippen LogP contribution in [0.3, 0.4) is 0 Å². The standard InChI is InChI=1S/C8H11BrOS2/c1-10-8-7(9)5-6(12-8)3-2-4-11/h5,11H,2-4H2,1H3. The second kappa shape index (κ2) is 5.14. The maximum atomic E-state index is 5.16. The minimum atomic E-state index is 0.942. The van der Waals surface area contributed by atoms with Crippen molar-refractivity contribution in [1.82, 2.24) is 0 Å². The van der Waals surface area contributed by atoms with E-state index in [1.54, 1.807) is 18.4 Å². The van der Waals surface area contributed by atoms with E-state index < -0.39 is 0 Å². The first-order valence-electron chi connectivity index (χ1n) is 3.71. The normalized spacial score (nSPS) is 10.2. The number of halogens is 1. The molecule has 0 aliphatic carbocycles. The molecule has 1 aromatic heterocycles. The van der Waals surface area contributed by atoms with Crippen molar-refractivity contribution in [3.8, 4) is 5.06 Å². The molecule has 1 heterocycles. The third-order valence-electron chi connectivity index (χ3n) is 1.47. The van der Waals surface area contributed by atoms with Crippen molar-refractivity contribution in [2.75, 3.05) is 12.9 Å². The molecule has 0 aliphatic rings. The van der Waals surface area contributed by atoms with Crippen molar-refractivity contribution in [1.29, 1.82) is 0 Å². The lowest BCUT2D eigenvalue weighted by Crippen LogP contribution is -1.79. The number of thiophene rings is 1. The molecule has 0 unspecified atom stereocenters. The van der Waals surface area contributed by atoms with Gasteiger partial charge in [0, 0.05) is 4.88 Å². The SMILES string of the molecule is COc1sc(CCCS)cc1Br. The van der Waals surface area contributed by atoms with E-state index in [0.29, 0.717) is 0 Å². The largest absolute Gasteiger partial charge is 0.486 e. The molecule has 0 saturated carbocycles. The molecule has 1 rings (SSSR count). The maximum Gasteiger partial charge on any atom is 0.188 e. The lowest BCUT2D eigenvalue weighted by atomic mass is 10.3. The fourth-order valence-electron chi connectivity index (χ4n) is 0.913. The number of hydrogen-bond donors (Lipinski definition) is 1. The fraction of sp³-hybridized carbons (Fsp3) is 0.500. The molecule has 0 atom stereocenters. The van der Waals surface area contributed by atoms with E-state index in [1.165, 1.54) is 4.88 Å². The predicted octanol–water partition coefficient (Wildman–Crippen LogP) is 3.38. The molecule has 0 fully saturated rings. The van der Waals surface area contributed by atoms with Crippen molar-refractivity contribution >= 4 is 39.9 Å². The van der Waals surface area contributed by atoms with Crippen LogP contribution >= 0.6 is 39.9 Å². The second-order valence-electron chi connectivity index (χ2n) is 2.38. The summed E-state index contributed by atoms with van der Waals surface area (Å²) in [7, 11) is 1.69. The Labute approximate surface area is 90.7 Å². The summed E-state index contributed by atoms with van der Waals surface area (Å²) in [6.45, 7) is 0. The quantitative estimate of drug-likeness (QED) is 0.823. The lowest BCUT2D eigenvalue weighted by molar-refractivity contribution is 0.425. The number of rotatable bonds is 4.